The van der Waals surface area contributed by atoms with Gasteiger partial charge in [0.25, 0.3) is 29.0 Å². The second kappa shape index (κ2) is 10.6. The van der Waals surface area contributed by atoms with Crippen molar-refractivity contribution in [3.8, 4) is 0 Å². The summed E-state index contributed by atoms with van der Waals surface area (Å²) in [5, 5.41) is 21.2. The molecule has 2 aliphatic rings. The smallest absolute Gasteiger partial charge is 0.280 e. The maximum absolute atomic E-state index is 12.4. The molecule has 0 radical (unpaired) electrons. The van der Waals surface area contributed by atoms with Gasteiger partial charge < -0.3 is 54.4 Å². The number of nitrogens with zero attached hydrogens (tertiary/aromatic N) is 4. The number of ether oxygens (including phenoxy) is 2. The number of aliphatic hydroxyl groups is 2. The number of fused-ring (bicyclic) bond motifs is 1. The van der Waals surface area contributed by atoms with Gasteiger partial charge in [-0.3, -0.25) is 28.0 Å². The van der Waals surface area contributed by atoms with Crippen molar-refractivity contribution in [2.45, 2.75) is 24.5 Å². The summed E-state index contributed by atoms with van der Waals surface area (Å²) in [5.41, 5.74) is 4.61. The highest BCUT2D eigenvalue weighted by molar-refractivity contribution is 7.65. The van der Waals surface area contributed by atoms with Crippen LogP contribution in [0, 0.1) is 0 Å². The van der Waals surface area contributed by atoms with Crippen LogP contribution >= 0.6 is 23.5 Å². The number of hydrogen-bond acceptors (Lipinski definition) is 18. The highest BCUT2D eigenvalue weighted by atomic mass is 31.3. The first-order valence-electron chi connectivity index (χ1n) is 10.4. The second-order valence-corrected chi connectivity index (χ2v) is 12.2. The second-order valence-electron chi connectivity index (χ2n) is 7.87. The molecule has 24 heteroatoms. The molecule has 4 rings (SSSR count). The molecule has 0 aromatic carbocycles. The van der Waals surface area contributed by atoms with Crippen LogP contribution in [0.2, 0.25) is 0 Å². The fourth-order valence-corrected chi connectivity index (χ4v) is 6.64. The van der Waals surface area contributed by atoms with E-state index in [1.807, 2.05) is 0 Å². The Morgan fingerprint density at radius 2 is 1.74 bits per heavy atom. The molecule has 4 heterocycles. The molecule has 0 saturated carbocycles. The minimum atomic E-state index is -6.14. The van der Waals surface area contributed by atoms with Gasteiger partial charge in [-0.05, 0) is 0 Å². The summed E-state index contributed by atoms with van der Waals surface area (Å²) < 4.78 is 56.8. The Labute approximate surface area is 211 Å². The van der Waals surface area contributed by atoms with E-state index in [2.05, 4.69) is 28.1 Å². The zero-order chi connectivity index (χ0) is 28.0. The summed E-state index contributed by atoms with van der Waals surface area (Å²) in [6, 6.07) is 0. The molecule has 2 aromatic rings. The van der Waals surface area contributed by atoms with Crippen LogP contribution in [0.15, 0.2) is 4.79 Å². The van der Waals surface area contributed by atoms with Crippen LogP contribution in [0.4, 0.5) is 11.9 Å². The molecule has 2 fully saturated rings. The molecule has 0 spiro atoms. The lowest BCUT2D eigenvalue weighted by Crippen LogP contribution is -2.39. The number of nitrogens with one attached hydrogen (secondary N) is 1. The van der Waals surface area contributed by atoms with Crippen LogP contribution in [0.3, 0.4) is 0 Å². The molecule has 2 aromatic heterocycles. The molecule has 0 amide bonds. The first kappa shape index (κ1) is 29.2. The van der Waals surface area contributed by atoms with E-state index in [0.717, 1.165) is 0 Å². The van der Waals surface area contributed by atoms with Crippen LogP contribution in [0.5, 0.6) is 0 Å². The first-order chi connectivity index (χ1) is 17.6. The van der Waals surface area contributed by atoms with E-state index in [1.165, 1.54) is 4.57 Å². The number of phosphoric acid groups is 3. The highest BCUT2D eigenvalue weighted by Crippen LogP contribution is 2.61. The monoisotopic (exact) mass is 605 g/mol. The van der Waals surface area contributed by atoms with Crippen LogP contribution < -0.4 is 30.9 Å². The predicted molar refractivity (Wildman–Crippen MR) is 115 cm³/mol. The molecule has 0 bridgehead atoms. The van der Waals surface area contributed by atoms with Crippen LogP contribution in [-0.4, -0.2) is 85.8 Å². The number of aromatic amines is 1. The number of nitrogen functional groups attached to an aromatic ring is 1. The van der Waals surface area contributed by atoms with Gasteiger partial charge in [-0.2, -0.15) is 4.98 Å². The van der Waals surface area contributed by atoms with Gasteiger partial charge >= 0.3 is 0 Å². The summed E-state index contributed by atoms with van der Waals surface area (Å²) in [6.07, 6.45) is -6.81. The lowest BCUT2D eigenvalue weighted by Gasteiger charge is -2.33. The number of H-pyrrole nitrogens is 1. The van der Waals surface area contributed by atoms with E-state index >= 15 is 0 Å². The Morgan fingerprint density at radius 1 is 1.08 bits per heavy atom. The van der Waals surface area contributed by atoms with E-state index < -0.39 is 60.2 Å². The van der Waals surface area contributed by atoms with Gasteiger partial charge in [0.15, 0.2) is 17.4 Å². The van der Waals surface area contributed by atoms with Gasteiger partial charge in [-0.1, -0.05) is 0 Å². The lowest BCUT2D eigenvalue weighted by atomic mass is 10.1. The Bertz CT molecular complexity index is 1390. The summed E-state index contributed by atoms with van der Waals surface area (Å²) in [5.74, 6) is -0.220. The van der Waals surface area contributed by atoms with Gasteiger partial charge in [-0.25, -0.2) is 13.6 Å². The SMILES string of the molecule is Nc1nc2c(nc(N3CCOCC3)n2[C@@H]2O[C@H](COP(=O)([O-])OP(=O)([O-])OP(=O)([O-])O)C(O)C2O)c(=O)[nH]1. The fraction of sp³-hybridized carbons (Fsp3) is 0.643. The molecular weight excluding hydrogens is 585 g/mol. The Hall–Kier alpha value is -1.80. The molecule has 2 saturated heterocycles. The van der Waals surface area contributed by atoms with E-state index in [1.54, 1.807) is 4.90 Å². The number of anilines is 2. The van der Waals surface area contributed by atoms with Crippen molar-refractivity contribution in [2.75, 3.05) is 43.5 Å². The Balaban J connectivity index is 1.58. The molecule has 6 N–H and O–H groups in total. The van der Waals surface area contributed by atoms with Crippen molar-refractivity contribution in [2.24, 2.45) is 0 Å². The molecular formula is C14H20N6O15P3-3. The van der Waals surface area contributed by atoms with E-state index in [4.69, 9.17) is 20.1 Å². The van der Waals surface area contributed by atoms with Crippen molar-refractivity contribution in [1.82, 2.24) is 19.5 Å². The van der Waals surface area contributed by atoms with Gasteiger partial charge in [0.1, 0.15) is 18.3 Å². The highest BCUT2D eigenvalue weighted by Gasteiger charge is 2.46. The van der Waals surface area contributed by atoms with E-state index in [0.29, 0.717) is 26.3 Å². The topological polar surface area (TPSA) is 320 Å². The third kappa shape index (κ3) is 6.49. The number of rotatable bonds is 9. The minimum Gasteiger partial charge on any atom is -0.756 e. The summed E-state index contributed by atoms with van der Waals surface area (Å²) >= 11 is 0. The van der Waals surface area contributed by atoms with Crippen molar-refractivity contribution in [3.05, 3.63) is 10.4 Å². The number of imidazole rings is 1. The molecule has 2 aliphatic heterocycles. The quantitative estimate of drug-likeness (QED) is 0.168. The van der Waals surface area contributed by atoms with E-state index in [-0.39, 0.29) is 23.1 Å². The molecule has 7 atom stereocenters. The van der Waals surface area contributed by atoms with Crippen LogP contribution in [0.25, 0.3) is 11.2 Å². The Morgan fingerprint density at radius 3 is 2.37 bits per heavy atom. The number of hydrogen-bond donors (Lipinski definition) is 5. The lowest BCUT2D eigenvalue weighted by molar-refractivity contribution is -0.250. The summed E-state index contributed by atoms with van der Waals surface area (Å²) in [6.45, 7) is 0.0811. The van der Waals surface area contributed by atoms with Crippen LogP contribution in [-0.2, 0) is 36.3 Å². The molecule has 0 aliphatic carbocycles. The number of morpholine rings is 1. The average Bonchev–Trinajstić information content (AvgIpc) is 3.28. The number of nitrogens with two attached hydrogens (primary N) is 1. The zero-order valence-corrected chi connectivity index (χ0v) is 21.5. The predicted octanol–water partition coefficient (Wildman–Crippen LogP) is -4.40. The molecule has 21 nitrogen and oxygen atoms in total. The number of aliphatic hydroxyl groups excluding tert-OH is 2. The summed E-state index contributed by atoms with van der Waals surface area (Å²) in [7, 11) is -18.0. The van der Waals surface area contributed by atoms with Crippen molar-refractivity contribution in [1.29, 1.82) is 0 Å². The standard InChI is InChI=1S/C14H23N6O15P3/c15-13-17-10-7(11(23)18-13)16-14(19-1-3-31-4-2-19)20(10)12-9(22)8(21)6(33-12)5-32-37(27,28)35-38(29,30)34-36(24,25)26/h6,8-9,12,21-22H,1-5H2,(H,27,28)(H,29,30)(H2,24,25,26)(H3,15,17,18,23)/p-3/t6-,8?,9?,12-/m1/s1. The average molecular weight is 605 g/mol. The molecule has 214 valence electrons. The number of phosphoric ester groups is 1. The largest absolute Gasteiger partial charge is 0.756 e. The minimum absolute atomic E-state index is 0.0815. The van der Waals surface area contributed by atoms with Gasteiger partial charge in [-0.15, -0.1) is 0 Å². The first-order valence-corrected chi connectivity index (χ1v) is 14.8. The Kier molecular flexibility index (Phi) is 8.17. The zero-order valence-electron chi connectivity index (χ0n) is 18.8. The maximum atomic E-state index is 12.4. The number of aromatic nitrogens is 4. The fourth-order valence-electron chi connectivity index (χ4n) is 3.74. The normalized spacial score (nSPS) is 29.2. The maximum Gasteiger partial charge on any atom is 0.280 e. The third-order valence-electron chi connectivity index (χ3n) is 5.24. The van der Waals surface area contributed by atoms with Gasteiger partial charge in [0.05, 0.1) is 19.8 Å². The third-order valence-corrected chi connectivity index (χ3v) is 8.93. The van der Waals surface area contributed by atoms with Gasteiger partial charge in [0, 0.05) is 13.1 Å². The van der Waals surface area contributed by atoms with Crippen molar-refractivity contribution in [3.63, 3.8) is 0 Å². The van der Waals surface area contributed by atoms with Crippen molar-refractivity contribution < 1.29 is 66.1 Å². The van der Waals surface area contributed by atoms with Crippen LogP contribution in [0.1, 0.15) is 6.23 Å². The molecule has 38 heavy (non-hydrogen) atoms. The van der Waals surface area contributed by atoms with Crippen molar-refractivity contribution >= 4 is 46.5 Å². The summed E-state index contributed by atoms with van der Waals surface area (Å²) in [4.78, 5) is 66.9. The molecule has 5 unspecified atom stereocenters. The van der Waals surface area contributed by atoms with E-state index in [9.17, 15) is 43.4 Å². The van der Waals surface area contributed by atoms with Gasteiger partial charge in [0.2, 0.25) is 11.9 Å².